The van der Waals surface area contributed by atoms with Crippen LogP contribution in [0.15, 0.2) is 48.8 Å². The lowest BCUT2D eigenvalue weighted by Gasteiger charge is -2.27. The van der Waals surface area contributed by atoms with Crippen molar-refractivity contribution in [3.05, 3.63) is 65.5 Å². The molecule has 1 aromatic carbocycles. The molecule has 104 valence electrons. The van der Waals surface area contributed by atoms with E-state index in [9.17, 15) is 4.79 Å². The largest absolute Gasteiger partial charge is 0.332 e. The summed E-state index contributed by atoms with van der Waals surface area (Å²) in [6, 6.07) is 12.1. The first-order valence-corrected chi connectivity index (χ1v) is 6.85. The van der Waals surface area contributed by atoms with Crippen LogP contribution in [0.2, 0.25) is 0 Å². The molecule has 3 heteroatoms. The Morgan fingerprint density at radius 1 is 1.20 bits per heavy atom. The summed E-state index contributed by atoms with van der Waals surface area (Å²) in [5.41, 5.74) is 2.77. The van der Waals surface area contributed by atoms with E-state index in [1.165, 1.54) is 0 Å². The van der Waals surface area contributed by atoms with Crippen LogP contribution < -0.4 is 0 Å². The summed E-state index contributed by atoms with van der Waals surface area (Å²) in [5, 5.41) is 0. The van der Waals surface area contributed by atoms with Crippen LogP contribution >= 0.6 is 0 Å². The van der Waals surface area contributed by atoms with Crippen molar-refractivity contribution in [3.63, 3.8) is 0 Å². The van der Waals surface area contributed by atoms with Gasteiger partial charge in [0.1, 0.15) is 0 Å². The molecule has 0 radical (unpaired) electrons. The van der Waals surface area contributed by atoms with Gasteiger partial charge < -0.3 is 4.90 Å². The van der Waals surface area contributed by atoms with Crippen molar-refractivity contribution < 1.29 is 4.79 Å². The van der Waals surface area contributed by atoms with Crippen LogP contribution in [0, 0.1) is 6.92 Å². The van der Waals surface area contributed by atoms with Crippen molar-refractivity contribution in [2.45, 2.75) is 33.4 Å². The summed E-state index contributed by atoms with van der Waals surface area (Å²) in [7, 11) is 0. The summed E-state index contributed by atoms with van der Waals surface area (Å²) in [6.07, 6.45) is 3.36. The third kappa shape index (κ3) is 3.23. The van der Waals surface area contributed by atoms with Gasteiger partial charge in [-0.3, -0.25) is 9.78 Å². The summed E-state index contributed by atoms with van der Waals surface area (Å²) < 4.78 is 0. The highest BCUT2D eigenvalue weighted by Gasteiger charge is 2.20. The van der Waals surface area contributed by atoms with E-state index in [0.29, 0.717) is 12.1 Å². The molecular weight excluding hydrogens is 248 g/mol. The van der Waals surface area contributed by atoms with Gasteiger partial charge in [-0.05, 0) is 38.0 Å². The molecule has 0 spiro atoms. The zero-order valence-corrected chi connectivity index (χ0v) is 12.2. The Kier molecular flexibility index (Phi) is 4.51. The number of carbonyl (C=O) groups is 1. The zero-order valence-electron chi connectivity index (χ0n) is 12.2. The molecule has 0 atom stereocenters. The standard InChI is InChI=1S/C17H20N2O/c1-13(2)19(12-15-7-5-4-6-8-15)17(20)16-11-18-10-9-14(16)3/h4-11,13H,12H2,1-3H3. The van der Waals surface area contributed by atoms with Crippen molar-refractivity contribution in [1.82, 2.24) is 9.88 Å². The van der Waals surface area contributed by atoms with Crippen LogP contribution in [0.3, 0.4) is 0 Å². The topological polar surface area (TPSA) is 33.2 Å². The maximum absolute atomic E-state index is 12.7. The number of nitrogens with zero attached hydrogens (tertiary/aromatic N) is 2. The number of pyridine rings is 1. The first-order valence-electron chi connectivity index (χ1n) is 6.85. The van der Waals surface area contributed by atoms with Crippen LogP contribution in [0.25, 0.3) is 0 Å². The Bertz CT molecular complexity index is 579. The lowest BCUT2D eigenvalue weighted by Crippen LogP contribution is -2.36. The number of hydrogen-bond acceptors (Lipinski definition) is 2. The molecule has 0 aliphatic carbocycles. The van der Waals surface area contributed by atoms with E-state index >= 15 is 0 Å². The van der Waals surface area contributed by atoms with E-state index in [2.05, 4.69) is 4.98 Å². The van der Waals surface area contributed by atoms with Gasteiger partial charge in [0, 0.05) is 25.0 Å². The molecule has 1 aromatic heterocycles. The van der Waals surface area contributed by atoms with Crippen molar-refractivity contribution in [1.29, 1.82) is 0 Å². The van der Waals surface area contributed by atoms with Crippen molar-refractivity contribution >= 4 is 5.91 Å². The van der Waals surface area contributed by atoms with Gasteiger partial charge in [0.15, 0.2) is 0 Å². The number of hydrogen-bond donors (Lipinski definition) is 0. The Labute approximate surface area is 120 Å². The molecule has 0 saturated heterocycles. The third-order valence-electron chi connectivity index (χ3n) is 3.35. The molecule has 1 heterocycles. The van der Waals surface area contributed by atoms with E-state index < -0.39 is 0 Å². The highest BCUT2D eigenvalue weighted by Crippen LogP contribution is 2.15. The van der Waals surface area contributed by atoms with E-state index in [1.54, 1.807) is 12.4 Å². The average Bonchev–Trinajstić information content (AvgIpc) is 2.45. The first-order chi connectivity index (χ1) is 9.59. The SMILES string of the molecule is Cc1ccncc1C(=O)N(Cc1ccccc1)C(C)C. The van der Waals surface area contributed by atoms with Crippen molar-refractivity contribution in [2.75, 3.05) is 0 Å². The van der Waals surface area contributed by atoms with Gasteiger partial charge >= 0.3 is 0 Å². The van der Waals surface area contributed by atoms with Crippen LogP contribution in [0.1, 0.15) is 35.3 Å². The minimum absolute atomic E-state index is 0.0365. The van der Waals surface area contributed by atoms with Crippen LogP contribution in [-0.4, -0.2) is 21.8 Å². The monoisotopic (exact) mass is 268 g/mol. The number of benzene rings is 1. The molecule has 3 nitrogen and oxygen atoms in total. The van der Waals surface area contributed by atoms with Crippen molar-refractivity contribution in [3.8, 4) is 0 Å². The second-order valence-electron chi connectivity index (χ2n) is 5.20. The quantitative estimate of drug-likeness (QED) is 0.851. The van der Waals surface area contributed by atoms with Gasteiger partial charge in [-0.15, -0.1) is 0 Å². The van der Waals surface area contributed by atoms with Crippen molar-refractivity contribution in [2.24, 2.45) is 0 Å². The number of rotatable bonds is 4. The molecule has 0 saturated carbocycles. The first kappa shape index (κ1) is 14.3. The molecule has 2 aromatic rings. The zero-order chi connectivity index (χ0) is 14.5. The van der Waals surface area contributed by atoms with Gasteiger partial charge in [-0.1, -0.05) is 30.3 Å². The maximum atomic E-state index is 12.7. The molecule has 0 aliphatic rings. The highest BCUT2D eigenvalue weighted by atomic mass is 16.2. The molecule has 0 bridgehead atoms. The van der Waals surface area contributed by atoms with Gasteiger partial charge in [0.05, 0.1) is 5.56 Å². The fraction of sp³-hybridized carbons (Fsp3) is 0.294. The molecule has 0 unspecified atom stereocenters. The van der Waals surface area contributed by atoms with E-state index in [-0.39, 0.29) is 11.9 Å². The predicted molar refractivity (Wildman–Crippen MR) is 80.4 cm³/mol. The maximum Gasteiger partial charge on any atom is 0.256 e. The fourth-order valence-corrected chi connectivity index (χ4v) is 2.11. The normalized spacial score (nSPS) is 10.6. The third-order valence-corrected chi connectivity index (χ3v) is 3.35. The summed E-state index contributed by atoms with van der Waals surface area (Å²) in [4.78, 5) is 18.6. The number of carbonyl (C=O) groups excluding carboxylic acids is 1. The van der Waals surface area contributed by atoms with Gasteiger partial charge in [-0.25, -0.2) is 0 Å². The molecule has 0 N–H and O–H groups in total. The molecule has 2 rings (SSSR count). The molecule has 1 amide bonds. The smallest absolute Gasteiger partial charge is 0.256 e. The molecule has 0 aliphatic heterocycles. The average molecular weight is 268 g/mol. The van der Waals surface area contributed by atoms with E-state index in [0.717, 1.165) is 11.1 Å². The Hall–Kier alpha value is -2.16. The highest BCUT2D eigenvalue weighted by molar-refractivity contribution is 5.95. The number of amides is 1. The van der Waals surface area contributed by atoms with Gasteiger partial charge in [0.2, 0.25) is 0 Å². The Morgan fingerprint density at radius 2 is 1.90 bits per heavy atom. The van der Waals surface area contributed by atoms with Crippen LogP contribution in [0.4, 0.5) is 0 Å². The minimum Gasteiger partial charge on any atom is -0.332 e. The second-order valence-corrected chi connectivity index (χ2v) is 5.20. The van der Waals surface area contributed by atoms with E-state index in [4.69, 9.17) is 0 Å². The summed E-state index contributed by atoms with van der Waals surface area (Å²) in [5.74, 6) is 0.0365. The number of aryl methyl sites for hydroxylation is 1. The fourth-order valence-electron chi connectivity index (χ4n) is 2.11. The van der Waals surface area contributed by atoms with Crippen LogP contribution in [-0.2, 0) is 6.54 Å². The molecular formula is C17H20N2O. The lowest BCUT2D eigenvalue weighted by molar-refractivity contribution is 0.0689. The van der Waals surface area contributed by atoms with Crippen LogP contribution in [0.5, 0.6) is 0 Å². The second kappa shape index (κ2) is 6.33. The molecule has 20 heavy (non-hydrogen) atoms. The molecule has 0 fully saturated rings. The number of aromatic nitrogens is 1. The van der Waals surface area contributed by atoms with E-state index in [1.807, 2.05) is 62.1 Å². The van der Waals surface area contributed by atoms with Gasteiger partial charge in [-0.2, -0.15) is 0 Å². The minimum atomic E-state index is 0.0365. The summed E-state index contributed by atoms with van der Waals surface area (Å²) >= 11 is 0. The summed E-state index contributed by atoms with van der Waals surface area (Å²) in [6.45, 7) is 6.63. The van der Waals surface area contributed by atoms with Gasteiger partial charge in [0.25, 0.3) is 5.91 Å². The lowest BCUT2D eigenvalue weighted by atomic mass is 10.1. The predicted octanol–water partition coefficient (Wildman–Crippen LogP) is 3.44. The Morgan fingerprint density at radius 3 is 2.50 bits per heavy atom. The Balaban J connectivity index is 2.25.